The Labute approximate surface area is 165 Å². The van der Waals surface area contributed by atoms with Crippen molar-refractivity contribution >= 4 is 40.7 Å². The van der Waals surface area contributed by atoms with Gasteiger partial charge < -0.3 is 20.5 Å². The molecule has 0 radical (unpaired) electrons. The van der Waals surface area contributed by atoms with E-state index in [0.29, 0.717) is 41.1 Å². The van der Waals surface area contributed by atoms with Crippen LogP contribution in [0.5, 0.6) is 5.75 Å². The number of carbonyl (C=O) groups is 2. The highest BCUT2D eigenvalue weighted by Gasteiger charge is 2.31. The van der Waals surface area contributed by atoms with Crippen molar-refractivity contribution < 1.29 is 19.4 Å². The van der Waals surface area contributed by atoms with E-state index >= 15 is 0 Å². The number of hydrogen-bond donors (Lipinski definition) is 2. The van der Waals surface area contributed by atoms with Crippen LogP contribution in [0.4, 0.5) is 5.69 Å². The van der Waals surface area contributed by atoms with Crippen LogP contribution in [0.1, 0.15) is 28.9 Å². The Morgan fingerprint density at radius 2 is 2.33 bits per heavy atom. The molecule has 1 aliphatic rings. The predicted molar refractivity (Wildman–Crippen MR) is 106 cm³/mol. The van der Waals surface area contributed by atoms with Crippen LogP contribution in [0, 0.1) is 6.92 Å². The fourth-order valence-corrected chi connectivity index (χ4v) is 4.64. The second-order valence-corrected chi connectivity index (χ2v) is 8.46. The van der Waals surface area contributed by atoms with E-state index in [1.54, 1.807) is 6.07 Å². The first-order valence-electron chi connectivity index (χ1n) is 8.54. The number of nitrogens with zero attached hydrogens (tertiary/aromatic N) is 2. The van der Waals surface area contributed by atoms with E-state index in [9.17, 15) is 9.59 Å². The molecule has 0 aliphatic carbocycles. The maximum Gasteiger partial charge on any atom is 0.355 e. The molecule has 1 atom stereocenters. The van der Waals surface area contributed by atoms with Crippen LogP contribution in [-0.4, -0.2) is 51.8 Å². The van der Waals surface area contributed by atoms with Crippen LogP contribution in [0.2, 0.25) is 0 Å². The molecule has 7 nitrogen and oxygen atoms in total. The molecule has 0 bridgehead atoms. The number of aromatic nitrogens is 1. The van der Waals surface area contributed by atoms with Crippen LogP contribution in [-0.2, 0) is 4.79 Å². The van der Waals surface area contributed by atoms with Crippen LogP contribution < -0.4 is 10.5 Å². The van der Waals surface area contributed by atoms with Gasteiger partial charge >= 0.3 is 5.97 Å². The van der Waals surface area contributed by atoms with Gasteiger partial charge in [0.1, 0.15) is 12.4 Å². The number of carboxylic acid groups (broad SMARTS) is 1. The van der Waals surface area contributed by atoms with Crippen molar-refractivity contribution in [2.75, 3.05) is 24.6 Å². The molecule has 0 spiro atoms. The smallest absolute Gasteiger partial charge is 0.355 e. The van der Waals surface area contributed by atoms with Gasteiger partial charge in [0.25, 0.3) is 0 Å². The first-order chi connectivity index (χ1) is 12.9. The van der Waals surface area contributed by atoms with Gasteiger partial charge in [0.15, 0.2) is 10.0 Å². The molecule has 1 aromatic carbocycles. The van der Waals surface area contributed by atoms with E-state index in [0.717, 1.165) is 12.0 Å². The van der Waals surface area contributed by atoms with E-state index < -0.39 is 5.97 Å². The summed E-state index contributed by atoms with van der Waals surface area (Å²) in [5.41, 5.74) is 7.66. The van der Waals surface area contributed by atoms with Crippen LogP contribution in [0.3, 0.4) is 0 Å². The summed E-state index contributed by atoms with van der Waals surface area (Å²) in [6, 6.07) is 5.63. The normalized spacial score (nSPS) is 16.7. The third-order valence-corrected chi connectivity index (χ3v) is 6.41. The maximum absolute atomic E-state index is 12.2. The first-order valence-corrected chi connectivity index (χ1v) is 10.4. The zero-order valence-electron chi connectivity index (χ0n) is 14.9. The highest BCUT2D eigenvalue weighted by molar-refractivity contribution is 8.01. The summed E-state index contributed by atoms with van der Waals surface area (Å²) in [7, 11) is 0. The Balaban J connectivity index is 1.51. The molecule has 1 aliphatic heterocycles. The summed E-state index contributed by atoms with van der Waals surface area (Å²) in [5, 5.41) is 10.4. The van der Waals surface area contributed by atoms with Crippen LogP contribution in [0.15, 0.2) is 27.9 Å². The van der Waals surface area contributed by atoms with Crippen molar-refractivity contribution in [3.05, 3.63) is 34.8 Å². The van der Waals surface area contributed by atoms with Gasteiger partial charge in [0.05, 0.1) is 6.04 Å². The fourth-order valence-electron chi connectivity index (χ4n) is 2.83. The quantitative estimate of drug-likeness (QED) is 0.512. The molecule has 2 heterocycles. The minimum absolute atomic E-state index is 0.0338. The summed E-state index contributed by atoms with van der Waals surface area (Å²) >= 11 is 2.76. The summed E-state index contributed by atoms with van der Waals surface area (Å²) < 4.78 is 6.54. The topological polar surface area (TPSA) is 106 Å². The van der Waals surface area contributed by atoms with E-state index in [1.807, 2.05) is 24.0 Å². The SMILES string of the molecule is Cc1ccc(OC[C@H]2CCC(=O)N2CCSc2nc(C(=O)O)cs2)cc1N. The average Bonchev–Trinajstić information content (AvgIpc) is 3.24. The Kier molecular flexibility index (Phi) is 6.22. The molecule has 3 rings (SSSR count). The fraction of sp³-hybridized carbons (Fsp3) is 0.389. The molecule has 9 heteroatoms. The predicted octanol–water partition coefficient (Wildman–Crippen LogP) is 2.89. The lowest BCUT2D eigenvalue weighted by molar-refractivity contribution is -0.129. The van der Waals surface area contributed by atoms with Crippen LogP contribution in [0.25, 0.3) is 0 Å². The number of nitrogen functional groups attached to an aromatic ring is 1. The number of hydrogen-bond acceptors (Lipinski definition) is 7. The van der Waals surface area contributed by atoms with E-state index in [-0.39, 0.29) is 17.6 Å². The molecule has 144 valence electrons. The van der Waals surface area contributed by atoms with Crippen molar-refractivity contribution in [3.8, 4) is 5.75 Å². The number of carbonyl (C=O) groups excluding carboxylic acids is 1. The lowest BCUT2D eigenvalue weighted by Gasteiger charge is -2.24. The minimum atomic E-state index is -1.03. The van der Waals surface area contributed by atoms with Crippen molar-refractivity contribution in [1.29, 1.82) is 0 Å². The highest BCUT2D eigenvalue weighted by atomic mass is 32.2. The van der Waals surface area contributed by atoms with E-state index in [2.05, 4.69) is 4.98 Å². The largest absolute Gasteiger partial charge is 0.491 e. The van der Waals surface area contributed by atoms with Gasteiger partial charge in [-0.2, -0.15) is 0 Å². The molecular weight excluding hydrogens is 386 g/mol. The monoisotopic (exact) mass is 407 g/mol. The number of aryl methyl sites for hydroxylation is 1. The molecule has 3 N–H and O–H groups in total. The van der Waals surface area contributed by atoms with Crippen molar-refractivity contribution in [2.45, 2.75) is 30.1 Å². The molecule has 1 fully saturated rings. The highest BCUT2D eigenvalue weighted by Crippen LogP contribution is 2.26. The second kappa shape index (κ2) is 8.62. The van der Waals surface area contributed by atoms with Crippen LogP contribution >= 0.6 is 23.1 Å². The molecule has 0 saturated carbocycles. The Bertz CT molecular complexity index is 840. The Morgan fingerprint density at radius 1 is 1.52 bits per heavy atom. The molecular formula is C18H21N3O4S2. The van der Waals surface area contributed by atoms with Crippen molar-refractivity contribution in [1.82, 2.24) is 9.88 Å². The lowest BCUT2D eigenvalue weighted by Crippen LogP contribution is -2.38. The third-order valence-electron chi connectivity index (χ3n) is 4.41. The number of carboxylic acids is 1. The summed E-state index contributed by atoms with van der Waals surface area (Å²) in [6.45, 7) is 2.95. The minimum Gasteiger partial charge on any atom is -0.491 e. The molecule has 1 aromatic heterocycles. The Morgan fingerprint density at radius 3 is 3.04 bits per heavy atom. The van der Waals surface area contributed by atoms with E-state index in [4.69, 9.17) is 15.6 Å². The molecule has 1 amide bonds. The second-order valence-electron chi connectivity index (χ2n) is 6.26. The van der Waals surface area contributed by atoms with Gasteiger partial charge in [0, 0.05) is 35.9 Å². The first kappa shape index (κ1) is 19.5. The zero-order valence-corrected chi connectivity index (χ0v) is 16.5. The van der Waals surface area contributed by atoms with Crippen molar-refractivity contribution in [2.24, 2.45) is 0 Å². The van der Waals surface area contributed by atoms with Gasteiger partial charge in [0.2, 0.25) is 5.91 Å². The number of thioether (sulfide) groups is 1. The number of rotatable bonds is 8. The number of ether oxygens (including phenoxy) is 1. The number of amides is 1. The molecule has 2 aromatic rings. The molecule has 0 unspecified atom stereocenters. The van der Waals surface area contributed by atoms with Crippen molar-refractivity contribution in [3.63, 3.8) is 0 Å². The standard InChI is InChI=1S/C18H21N3O4S2/c1-11-2-4-13(8-14(11)19)25-9-12-3-5-16(22)21(12)6-7-26-18-20-15(10-27-18)17(23)24/h2,4,8,10,12H,3,5-7,9,19H2,1H3,(H,23,24)/t12-/m1/s1. The summed E-state index contributed by atoms with van der Waals surface area (Å²) in [5.74, 6) is 0.460. The summed E-state index contributed by atoms with van der Waals surface area (Å²) in [6.07, 6.45) is 1.29. The van der Waals surface area contributed by atoms with Gasteiger partial charge in [-0.05, 0) is 25.0 Å². The Hall–Kier alpha value is -2.26. The lowest BCUT2D eigenvalue weighted by atomic mass is 10.2. The number of aromatic carboxylic acids is 1. The van der Waals surface area contributed by atoms with Gasteiger partial charge in [-0.15, -0.1) is 11.3 Å². The zero-order chi connectivity index (χ0) is 19.4. The number of likely N-dealkylation sites (tertiary alicyclic amines) is 1. The van der Waals surface area contributed by atoms with Gasteiger partial charge in [-0.1, -0.05) is 17.8 Å². The maximum atomic E-state index is 12.2. The number of anilines is 1. The number of benzene rings is 1. The van der Waals surface area contributed by atoms with Gasteiger partial charge in [-0.3, -0.25) is 4.79 Å². The summed E-state index contributed by atoms with van der Waals surface area (Å²) in [4.78, 5) is 28.9. The third kappa shape index (κ3) is 4.92. The number of thiazole rings is 1. The molecule has 27 heavy (non-hydrogen) atoms. The average molecular weight is 408 g/mol. The number of nitrogens with two attached hydrogens (primary N) is 1. The van der Waals surface area contributed by atoms with E-state index in [1.165, 1.54) is 28.5 Å². The van der Waals surface area contributed by atoms with Gasteiger partial charge in [-0.25, -0.2) is 9.78 Å². The molecule has 1 saturated heterocycles.